The van der Waals surface area contributed by atoms with Gasteiger partial charge in [0.25, 0.3) is 10.0 Å². The van der Waals surface area contributed by atoms with Gasteiger partial charge >= 0.3 is 0 Å². The summed E-state index contributed by atoms with van der Waals surface area (Å²) < 4.78 is 26.0. The van der Waals surface area contributed by atoms with Crippen LogP contribution in [0.3, 0.4) is 0 Å². The minimum atomic E-state index is -3.63. The first-order valence-electron chi connectivity index (χ1n) is 4.12. The summed E-state index contributed by atoms with van der Waals surface area (Å²) >= 11 is 6.82. The second kappa shape index (κ2) is 4.36. The maximum Gasteiger partial charge on any atom is 0.263 e. The van der Waals surface area contributed by atoms with Gasteiger partial charge in [-0.3, -0.25) is 4.72 Å². The first-order valence-corrected chi connectivity index (χ1v) is 6.86. The highest BCUT2D eigenvalue weighted by Gasteiger charge is 2.15. The molecule has 0 aliphatic heterocycles. The summed E-state index contributed by atoms with van der Waals surface area (Å²) in [5.74, 6) is 0. The van der Waals surface area contributed by atoms with Gasteiger partial charge in [-0.1, -0.05) is 11.6 Å². The van der Waals surface area contributed by atoms with E-state index in [4.69, 9.17) is 11.6 Å². The van der Waals surface area contributed by atoms with Crippen LogP contribution in [0.2, 0.25) is 5.15 Å². The lowest BCUT2D eigenvalue weighted by Crippen LogP contribution is -2.12. The lowest BCUT2D eigenvalue weighted by atomic mass is 10.5. The Morgan fingerprint density at radius 3 is 2.75 bits per heavy atom. The van der Waals surface area contributed by atoms with Gasteiger partial charge in [-0.15, -0.1) is 11.3 Å². The molecule has 0 unspecified atom stereocenters. The molecule has 0 aliphatic rings. The molecular formula is C8H6ClN3O2S2. The highest BCUT2D eigenvalue weighted by Crippen LogP contribution is 2.18. The predicted molar refractivity (Wildman–Crippen MR) is 62.2 cm³/mol. The van der Waals surface area contributed by atoms with E-state index in [-0.39, 0.29) is 10.0 Å². The van der Waals surface area contributed by atoms with E-state index in [0.717, 1.165) is 0 Å². The molecule has 2 aromatic heterocycles. The van der Waals surface area contributed by atoms with Crippen molar-refractivity contribution in [3.05, 3.63) is 35.1 Å². The van der Waals surface area contributed by atoms with Gasteiger partial charge < -0.3 is 0 Å². The van der Waals surface area contributed by atoms with Gasteiger partial charge in [0.2, 0.25) is 0 Å². The number of aromatic nitrogens is 2. The van der Waals surface area contributed by atoms with Crippen LogP contribution in [0, 0.1) is 0 Å². The molecule has 5 nitrogen and oxygen atoms in total. The predicted octanol–water partition coefficient (Wildman–Crippen LogP) is 1.99. The number of sulfonamides is 1. The number of thiazole rings is 1. The van der Waals surface area contributed by atoms with Gasteiger partial charge in [-0.05, 0) is 12.1 Å². The molecule has 0 saturated carbocycles. The molecule has 16 heavy (non-hydrogen) atoms. The van der Waals surface area contributed by atoms with Crippen LogP contribution in [0.4, 0.5) is 5.13 Å². The summed E-state index contributed by atoms with van der Waals surface area (Å²) in [7, 11) is -3.63. The molecule has 0 radical (unpaired) electrons. The smallest absolute Gasteiger partial charge is 0.255 e. The molecule has 84 valence electrons. The summed E-state index contributed by atoms with van der Waals surface area (Å²) in [6.45, 7) is 0. The highest BCUT2D eigenvalue weighted by molar-refractivity contribution is 7.93. The first kappa shape index (κ1) is 11.3. The zero-order valence-electron chi connectivity index (χ0n) is 7.79. The fourth-order valence-corrected chi connectivity index (χ4v) is 3.04. The number of pyridine rings is 1. The lowest BCUT2D eigenvalue weighted by molar-refractivity contribution is 0.601. The molecule has 0 spiro atoms. The third kappa shape index (κ3) is 2.49. The zero-order valence-corrected chi connectivity index (χ0v) is 10.2. The summed E-state index contributed by atoms with van der Waals surface area (Å²) in [6, 6.07) is 2.64. The van der Waals surface area contributed by atoms with Crippen molar-refractivity contribution in [3.8, 4) is 0 Å². The molecule has 0 saturated heterocycles. The van der Waals surface area contributed by atoms with E-state index in [9.17, 15) is 8.42 Å². The Balaban J connectivity index is 2.33. The van der Waals surface area contributed by atoms with Crippen molar-refractivity contribution in [3.63, 3.8) is 0 Å². The number of hydrogen-bond donors (Lipinski definition) is 1. The quantitative estimate of drug-likeness (QED) is 0.870. The van der Waals surface area contributed by atoms with Crippen LogP contribution in [0.5, 0.6) is 0 Å². The Bertz CT molecular complexity index is 583. The van der Waals surface area contributed by atoms with E-state index in [1.165, 1.54) is 35.9 Å². The molecule has 0 aliphatic carbocycles. The van der Waals surface area contributed by atoms with Crippen LogP contribution >= 0.6 is 22.9 Å². The SMILES string of the molecule is O=S(=O)(Nc1nccs1)c1ccnc(Cl)c1. The molecule has 0 amide bonds. The number of nitrogens with one attached hydrogen (secondary N) is 1. The Kier molecular flexibility index (Phi) is 3.08. The molecule has 8 heteroatoms. The number of anilines is 1. The molecule has 0 fully saturated rings. The standard InChI is InChI=1S/C8H6ClN3O2S2/c9-7-5-6(1-2-10-7)16(13,14)12-8-11-3-4-15-8/h1-5H,(H,11,12). The topological polar surface area (TPSA) is 72.0 Å². The van der Waals surface area contributed by atoms with Crippen LogP contribution in [0.15, 0.2) is 34.8 Å². The molecule has 0 bridgehead atoms. The van der Waals surface area contributed by atoms with Crippen molar-refractivity contribution in [1.82, 2.24) is 9.97 Å². The van der Waals surface area contributed by atoms with Crippen molar-refractivity contribution < 1.29 is 8.42 Å². The van der Waals surface area contributed by atoms with Crippen molar-refractivity contribution in [2.45, 2.75) is 4.90 Å². The summed E-state index contributed by atoms with van der Waals surface area (Å²) in [5, 5.41) is 2.12. The second-order valence-electron chi connectivity index (χ2n) is 2.76. The summed E-state index contributed by atoms with van der Waals surface area (Å²) in [4.78, 5) is 7.60. The van der Waals surface area contributed by atoms with E-state index in [2.05, 4.69) is 14.7 Å². The van der Waals surface area contributed by atoms with Crippen molar-refractivity contribution in [1.29, 1.82) is 0 Å². The van der Waals surface area contributed by atoms with Gasteiger partial charge in [-0.2, -0.15) is 0 Å². The van der Waals surface area contributed by atoms with Crippen molar-refractivity contribution in [2.24, 2.45) is 0 Å². The van der Waals surface area contributed by atoms with Gasteiger partial charge in [0.05, 0.1) is 4.90 Å². The Hall–Kier alpha value is -1.18. The van der Waals surface area contributed by atoms with E-state index >= 15 is 0 Å². The van der Waals surface area contributed by atoms with E-state index < -0.39 is 10.0 Å². The van der Waals surface area contributed by atoms with Gasteiger partial charge in [0, 0.05) is 17.8 Å². The molecule has 2 rings (SSSR count). The molecule has 2 heterocycles. The maximum absolute atomic E-state index is 11.8. The average molecular weight is 276 g/mol. The zero-order chi connectivity index (χ0) is 11.6. The second-order valence-corrected chi connectivity index (χ2v) is 5.72. The van der Waals surface area contributed by atoms with Gasteiger partial charge in [0.15, 0.2) is 5.13 Å². The van der Waals surface area contributed by atoms with Crippen LogP contribution in [-0.2, 0) is 10.0 Å². The summed E-state index contributed by atoms with van der Waals surface area (Å²) in [5.41, 5.74) is 0. The summed E-state index contributed by atoms with van der Waals surface area (Å²) in [6.07, 6.45) is 2.85. The van der Waals surface area contributed by atoms with Crippen molar-refractivity contribution in [2.75, 3.05) is 4.72 Å². The van der Waals surface area contributed by atoms with E-state index in [1.807, 2.05) is 0 Å². The number of nitrogens with zero attached hydrogens (tertiary/aromatic N) is 2. The van der Waals surface area contributed by atoms with E-state index in [0.29, 0.717) is 5.13 Å². The third-order valence-corrected chi connectivity index (χ3v) is 4.02. The maximum atomic E-state index is 11.8. The Morgan fingerprint density at radius 1 is 1.31 bits per heavy atom. The lowest BCUT2D eigenvalue weighted by Gasteiger charge is -2.04. The molecule has 2 aromatic rings. The molecular weight excluding hydrogens is 270 g/mol. The highest BCUT2D eigenvalue weighted by atomic mass is 35.5. The van der Waals surface area contributed by atoms with Crippen molar-refractivity contribution >= 4 is 38.1 Å². The monoisotopic (exact) mass is 275 g/mol. The minimum Gasteiger partial charge on any atom is -0.255 e. The molecule has 0 atom stereocenters. The first-order chi connectivity index (χ1) is 7.58. The largest absolute Gasteiger partial charge is 0.263 e. The van der Waals surface area contributed by atoms with Gasteiger partial charge in [0.1, 0.15) is 5.15 Å². The fourth-order valence-electron chi connectivity index (χ4n) is 1.000. The Morgan fingerprint density at radius 2 is 2.12 bits per heavy atom. The number of halogens is 1. The van der Waals surface area contributed by atoms with E-state index in [1.54, 1.807) is 5.38 Å². The van der Waals surface area contributed by atoms with Gasteiger partial charge in [-0.25, -0.2) is 18.4 Å². The Labute approximate surface area is 101 Å². The van der Waals surface area contributed by atoms with Crippen LogP contribution < -0.4 is 4.72 Å². The fraction of sp³-hybridized carbons (Fsp3) is 0. The van der Waals surface area contributed by atoms with Crippen LogP contribution in [0.1, 0.15) is 0 Å². The molecule has 1 N–H and O–H groups in total. The number of hydrogen-bond acceptors (Lipinski definition) is 5. The molecule has 0 aromatic carbocycles. The third-order valence-electron chi connectivity index (χ3n) is 1.66. The van der Waals surface area contributed by atoms with Crippen LogP contribution in [-0.4, -0.2) is 18.4 Å². The number of rotatable bonds is 3. The van der Waals surface area contributed by atoms with Crippen LogP contribution in [0.25, 0.3) is 0 Å². The normalized spacial score (nSPS) is 11.3. The average Bonchev–Trinajstić information content (AvgIpc) is 2.70. The minimum absolute atomic E-state index is 0.0581.